The van der Waals surface area contributed by atoms with Crippen LogP contribution in [0.25, 0.3) is 10.9 Å². The number of rotatable bonds is 7. The Morgan fingerprint density at radius 1 is 1.33 bits per heavy atom. The predicted molar refractivity (Wildman–Crippen MR) is 83.6 cm³/mol. The normalized spacial score (nSPS) is 12.3. The van der Waals surface area contributed by atoms with Crippen LogP contribution < -0.4 is 5.73 Å². The maximum atomic E-state index is 12.7. The van der Waals surface area contributed by atoms with Crippen molar-refractivity contribution in [2.24, 2.45) is 0 Å². The number of fused-ring (bicyclic) bond motifs is 1. The van der Waals surface area contributed by atoms with Crippen molar-refractivity contribution in [2.45, 2.75) is 18.7 Å². The van der Waals surface area contributed by atoms with Gasteiger partial charge in [0.15, 0.2) is 0 Å². The smallest absolute Gasteiger partial charge is 0.245 e. The number of nitrogen functional groups attached to an aromatic ring is 1. The SMILES string of the molecule is CCOCCN(CC)S(=O)(=O)c1c[nH]c2cc(N)ccc12. The number of aromatic nitrogens is 1. The van der Waals surface area contributed by atoms with Gasteiger partial charge in [0.1, 0.15) is 4.90 Å². The van der Waals surface area contributed by atoms with Gasteiger partial charge in [-0.15, -0.1) is 0 Å². The summed E-state index contributed by atoms with van der Waals surface area (Å²) in [5, 5.41) is 0.652. The van der Waals surface area contributed by atoms with Crippen LogP contribution in [0.2, 0.25) is 0 Å². The highest BCUT2D eigenvalue weighted by Gasteiger charge is 2.25. The van der Waals surface area contributed by atoms with Crippen LogP contribution in [-0.2, 0) is 14.8 Å². The fourth-order valence-electron chi connectivity index (χ4n) is 2.23. The third-order valence-corrected chi connectivity index (χ3v) is 5.34. The second kappa shape index (κ2) is 6.46. The summed E-state index contributed by atoms with van der Waals surface area (Å²) in [5.74, 6) is 0. The van der Waals surface area contributed by atoms with E-state index in [4.69, 9.17) is 10.5 Å². The van der Waals surface area contributed by atoms with Crippen molar-refractivity contribution in [3.63, 3.8) is 0 Å². The van der Waals surface area contributed by atoms with Gasteiger partial charge in [-0.3, -0.25) is 0 Å². The molecule has 0 aliphatic carbocycles. The zero-order valence-electron chi connectivity index (χ0n) is 12.3. The summed E-state index contributed by atoms with van der Waals surface area (Å²) < 4.78 is 32.1. The third-order valence-electron chi connectivity index (χ3n) is 3.33. The van der Waals surface area contributed by atoms with Crippen LogP contribution in [0.4, 0.5) is 5.69 Å². The van der Waals surface area contributed by atoms with Crippen molar-refractivity contribution in [3.8, 4) is 0 Å². The van der Waals surface area contributed by atoms with E-state index in [1.165, 1.54) is 10.5 Å². The molecule has 0 saturated carbocycles. The van der Waals surface area contributed by atoms with Gasteiger partial charge in [0.2, 0.25) is 10.0 Å². The predicted octanol–water partition coefficient (Wildman–Crippen LogP) is 1.80. The van der Waals surface area contributed by atoms with Gasteiger partial charge < -0.3 is 15.5 Å². The van der Waals surface area contributed by atoms with Gasteiger partial charge >= 0.3 is 0 Å². The standard InChI is InChI=1S/C14H21N3O3S/c1-3-17(7-8-20-4-2)21(18,19)14-10-16-13-9-11(15)5-6-12(13)14/h5-6,9-10,16H,3-4,7-8,15H2,1-2H3. The first kappa shape index (κ1) is 15.8. The molecule has 6 nitrogen and oxygen atoms in total. The van der Waals surface area contributed by atoms with E-state index in [0.29, 0.717) is 37.4 Å². The van der Waals surface area contributed by atoms with E-state index in [0.717, 1.165) is 5.52 Å². The Morgan fingerprint density at radius 3 is 2.76 bits per heavy atom. The molecular formula is C14H21N3O3S. The minimum absolute atomic E-state index is 0.274. The summed E-state index contributed by atoms with van der Waals surface area (Å²) in [7, 11) is -3.55. The van der Waals surface area contributed by atoms with Crippen LogP contribution in [-0.4, -0.2) is 44.0 Å². The number of hydrogen-bond donors (Lipinski definition) is 2. The minimum atomic E-state index is -3.55. The Balaban J connectivity index is 2.36. The van der Waals surface area contributed by atoms with Crippen molar-refractivity contribution in [2.75, 3.05) is 32.0 Å². The van der Waals surface area contributed by atoms with Gasteiger partial charge in [-0.25, -0.2) is 8.42 Å². The highest BCUT2D eigenvalue weighted by molar-refractivity contribution is 7.89. The molecule has 0 bridgehead atoms. The quantitative estimate of drug-likeness (QED) is 0.603. The fraction of sp³-hybridized carbons (Fsp3) is 0.429. The third kappa shape index (κ3) is 3.20. The second-order valence-electron chi connectivity index (χ2n) is 4.65. The molecule has 2 rings (SSSR count). The molecule has 1 aromatic carbocycles. The first-order valence-electron chi connectivity index (χ1n) is 6.95. The summed E-state index contributed by atoms with van der Waals surface area (Å²) in [6.45, 7) is 5.40. The summed E-state index contributed by atoms with van der Waals surface area (Å²) in [5.41, 5.74) is 7.02. The Hall–Kier alpha value is -1.57. The molecule has 0 radical (unpaired) electrons. The lowest BCUT2D eigenvalue weighted by atomic mass is 10.2. The van der Waals surface area contributed by atoms with Crippen molar-refractivity contribution in [1.29, 1.82) is 0 Å². The lowest BCUT2D eigenvalue weighted by Crippen LogP contribution is -2.33. The highest BCUT2D eigenvalue weighted by Crippen LogP contribution is 2.26. The number of ether oxygens (including phenoxy) is 1. The zero-order chi connectivity index (χ0) is 15.5. The van der Waals surface area contributed by atoms with Gasteiger partial charge in [-0.1, -0.05) is 6.92 Å². The molecule has 0 aliphatic heterocycles. The van der Waals surface area contributed by atoms with E-state index in [1.807, 2.05) is 13.8 Å². The molecule has 0 spiro atoms. The Morgan fingerprint density at radius 2 is 2.10 bits per heavy atom. The number of nitrogens with one attached hydrogen (secondary N) is 1. The van der Waals surface area contributed by atoms with E-state index in [9.17, 15) is 8.42 Å². The van der Waals surface area contributed by atoms with Crippen molar-refractivity contribution >= 4 is 26.6 Å². The number of likely N-dealkylation sites (N-methyl/N-ethyl adjacent to an activating group) is 1. The molecule has 0 saturated heterocycles. The molecule has 0 aliphatic rings. The average molecular weight is 311 g/mol. The molecule has 2 aromatic rings. The van der Waals surface area contributed by atoms with E-state index in [1.54, 1.807) is 18.2 Å². The largest absolute Gasteiger partial charge is 0.399 e. The van der Waals surface area contributed by atoms with Crippen LogP contribution in [0.15, 0.2) is 29.3 Å². The maximum Gasteiger partial charge on any atom is 0.245 e. The lowest BCUT2D eigenvalue weighted by Gasteiger charge is -2.19. The number of H-pyrrole nitrogens is 1. The molecule has 0 fully saturated rings. The molecular weight excluding hydrogens is 290 g/mol. The summed E-state index contributed by atoms with van der Waals surface area (Å²) in [4.78, 5) is 3.24. The first-order chi connectivity index (χ1) is 10.0. The second-order valence-corrected chi connectivity index (χ2v) is 6.56. The molecule has 0 amide bonds. The first-order valence-corrected chi connectivity index (χ1v) is 8.39. The monoisotopic (exact) mass is 311 g/mol. The fourth-order valence-corrected chi connectivity index (χ4v) is 3.83. The van der Waals surface area contributed by atoms with Crippen LogP contribution in [0, 0.1) is 0 Å². The number of nitrogens with zero attached hydrogens (tertiary/aromatic N) is 1. The van der Waals surface area contributed by atoms with Gasteiger partial charge in [0.25, 0.3) is 0 Å². The number of sulfonamides is 1. The van der Waals surface area contributed by atoms with E-state index < -0.39 is 10.0 Å². The van der Waals surface area contributed by atoms with E-state index in [-0.39, 0.29) is 4.90 Å². The molecule has 7 heteroatoms. The van der Waals surface area contributed by atoms with Crippen molar-refractivity contribution in [1.82, 2.24) is 9.29 Å². The molecule has 3 N–H and O–H groups in total. The topological polar surface area (TPSA) is 88.4 Å². The van der Waals surface area contributed by atoms with Crippen LogP contribution >= 0.6 is 0 Å². The lowest BCUT2D eigenvalue weighted by molar-refractivity contribution is 0.135. The summed E-state index contributed by atoms with van der Waals surface area (Å²) in [6.07, 6.45) is 1.52. The number of benzene rings is 1. The highest BCUT2D eigenvalue weighted by atomic mass is 32.2. The number of anilines is 1. The zero-order valence-corrected chi connectivity index (χ0v) is 13.1. The Labute approximate surface area is 124 Å². The van der Waals surface area contributed by atoms with Gasteiger partial charge in [-0.2, -0.15) is 4.31 Å². The van der Waals surface area contributed by atoms with Gasteiger partial charge in [0.05, 0.1) is 6.61 Å². The van der Waals surface area contributed by atoms with Crippen LogP contribution in [0.1, 0.15) is 13.8 Å². The Bertz CT molecular complexity index is 709. The van der Waals surface area contributed by atoms with E-state index in [2.05, 4.69) is 4.98 Å². The summed E-state index contributed by atoms with van der Waals surface area (Å²) in [6, 6.07) is 5.15. The van der Waals surface area contributed by atoms with E-state index >= 15 is 0 Å². The number of nitrogens with two attached hydrogens (primary N) is 1. The molecule has 1 aromatic heterocycles. The van der Waals surface area contributed by atoms with Crippen LogP contribution in [0.3, 0.4) is 0 Å². The summed E-state index contributed by atoms with van der Waals surface area (Å²) >= 11 is 0. The molecule has 1 heterocycles. The average Bonchev–Trinajstić information content (AvgIpc) is 2.87. The van der Waals surface area contributed by atoms with Gasteiger partial charge in [-0.05, 0) is 25.1 Å². The maximum absolute atomic E-state index is 12.7. The molecule has 116 valence electrons. The van der Waals surface area contributed by atoms with Crippen molar-refractivity contribution < 1.29 is 13.2 Å². The molecule has 0 atom stereocenters. The van der Waals surface area contributed by atoms with Crippen LogP contribution in [0.5, 0.6) is 0 Å². The van der Waals surface area contributed by atoms with Gasteiger partial charge in [0, 0.05) is 42.5 Å². The number of aromatic amines is 1. The van der Waals surface area contributed by atoms with Crippen molar-refractivity contribution in [3.05, 3.63) is 24.4 Å². The molecule has 0 unspecified atom stereocenters. The minimum Gasteiger partial charge on any atom is -0.399 e. The Kier molecular flexibility index (Phi) is 4.87. The number of hydrogen-bond acceptors (Lipinski definition) is 4. The molecule has 21 heavy (non-hydrogen) atoms.